The molecule has 2 saturated carbocycles. The van der Waals surface area contributed by atoms with Crippen LogP contribution in [0.3, 0.4) is 0 Å². The minimum absolute atomic E-state index is 0.0526. The van der Waals surface area contributed by atoms with Crippen LogP contribution in [-0.4, -0.2) is 51.1 Å². The standard InChI is InChI=1S/C31H31N7/c1-2-7-21(8-3-1)31(10-11-31)26-17-23-22(9-12-34-28(23)36-26)29-35-25-19-33-18-24(20-5-4-6-20)27(25)30(37-29)38-15-13-32-14-16-38/h1-3,7-9,12,17-20,32H,4-6,10-11,13-16H2,(H,34,36). The molecule has 2 N–H and O–H groups in total. The number of aromatic nitrogens is 5. The van der Waals surface area contributed by atoms with Crippen LogP contribution >= 0.6 is 0 Å². The molecule has 0 atom stereocenters. The van der Waals surface area contributed by atoms with Gasteiger partial charge in [0.1, 0.15) is 11.5 Å². The minimum Gasteiger partial charge on any atom is -0.353 e. The first-order valence-electron chi connectivity index (χ1n) is 14.0. The maximum atomic E-state index is 5.31. The van der Waals surface area contributed by atoms with E-state index in [2.05, 4.69) is 68.8 Å². The summed E-state index contributed by atoms with van der Waals surface area (Å²) < 4.78 is 0. The van der Waals surface area contributed by atoms with Gasteiger partial charge in [0.2, 0.25) is 0 Å². The number of nitrogens with one attached hydrogen (secondary N) is 2. The van der Waals surface area contributed by atoms with Gasteiger partial charge >= 0.3 is 0 Å². The largest absolute Gasteiger partial charge is 0.353 e. The average Bonchev–Trinajstić information content (AvgIpc) is 3.64. The van der Waals surface area contributed by atoms with Crippen LogP contribution in [0.25, 0.3) is 33.3 Å². The van der Waals surface area contributed by atoms with Crippen molar-refractivity contribution in [2.75, 3.05) is 31.1 Å². The van der Waals surface area contributed by atoms with Gasteiger partial charge in [0.05, 0.1) is 11.7 Å². The molecule has 3 aliphatic rings. The Hall–Kier alpha value is -3.84. The molecule has 0 bridgehead atoms. The summed E-state index contributed by atoms with van der Waals surface area (Å²) in [5, 5.41) is 5.76. The average molecular weight is 502 g/mol. The van der Waals surface area contributed by atoms with Gasteiger partial charge in [-0.15, -0.1) is 0 Å². The first-order chi connectivity index (χ1) is 18.8. The van der Waals surface area contributed by atoms with Crippen molar-refractivity contribution in [3.05, 3.63) is 77.9 Å². The molecule has 2 aliphatic carbocycles. The maximum absolute atomic E-state index is 5.31. The predicted molar refractivity (Wildman–Crippen MR) is 151 cm³/mol. The molecule has 0 amide bonds. The van der Waals surface area contributed by atoms with Gasteiger partial charge in [0, 0.05) is 66.0 Å². The smallest absolute Gasteiger partial charge is 0.163 e. The van der Waals surface area contributed by atoms with Gasteiger partial charge in [0.15, 0.2) is 5.82 Å². The van der Waals surface area contributed by atoms with Crippen molar-refractivity contribution in [2.45, 2.75) is 43.4 Å². The van der Waals surface area contributed by atoms with Crippen molar-refractivity contribution in [3.8, 4) is 11.4 Å². The van der Waals surface area contributed by atoms with E-state index in [1.165, 1.54) is 41.5 Å². The molecule has 0 spiro atoms. The zero-order valence-electron chi connectivity index (χ0n) is 21.5. The Labute approximate surface area is 221 Å². The zero-order chi connectivity index (χ0) is 25.1. The summed E-state index contributed by atoms with van der Waals surface area (Å²) in [5.41, 5.74) is 6.83. The zero-order valence-corrected chi connectivity index (χ0v) is 21.5. The third kappa shape index (κ3) is 3.45. The van der Waals surface area contributed by atoms with Crippen LogP contribution in [-0.2, 0) is 5.41 Å². The molecule has 8 rings (SSSR count). The van der Waals surface area contributed by atoms with Gasteiger partial charge in [-0.2, -0.15) is 0 Å². The van der Waals surface area contributed by atoms with E-state index in [-0.39, 0.29) is 5.41 Å². The number of rotatable bonds is 5. The number of hydrogen-bond donors (Lipinski definition) is 2. The maximum Gasteiger partial charge on any atom is 0.163 e. The number of aromatic amines is 1. The minimum atomic E-state index is 0.0526. The fraction of sp³-hybridized carbons (Fsp3) is 0.355. The molecular weight excluding hydrogens is 470 g/mol. The van der Waals surface area contributed by atoms with E-state index in [1.54, 1.807) is 0 Å². The van der Waals surface area contributed by atoms with Crippen molar-refractivity contribution < 1.29 is 0 Å². The number of pyridine rings is 2. The highest BCUT2D eigenvalue weighted by Gasteiger charge is 2.47. The van der Waals surface area contributed by atoms with E-state index in [1.807, 2.05) is 12.4 Å². The number of anilines is 1. The lowest BCUT2D eigenvalue weighted by Crippen LogP contribution is -2.44. The Bertz CT molecular complexity index is 1640. The highest BCUT2D eigenvalue weighted by atomic mass is 15.2. The summed E-state index contributed by atoms with van der Waals surface area (Å²) in [6.07, 6.45) is 11.9. The topological polar surface area (TPSA) is 82.6 Å². The van der Waals surface area contributed by atoms with E-state index in [0.29, 0.717) is 5.92 Å². The summed E-state index contributed by atoms with van der Waals surface area (Å²) in [7, 11) is 0. The van der Waals surface area contributed by atoms with E-state index in [9.17, 15) is 0 Å². The monoisotopic (exact) mass is 501 g/mol. The first kappa shape index (κ1) is 22.2. The Morgan fingerprint density at radius 3 is 2.55 bits per heavy atom. The normalized spacial score (nSPS) is 19.1. The third-order valence-corrected chi connectivity index (χ3v) is 8.94. The Morgan fingerprint density at radius 1 is 0.947 bits per heavy atom. The molecule has 1 saturated heterocycles. The second-order valence-electron chi connectivity index (χ2n) is 11.1. The van der Waals surface area contributed by atoms with Crippen LogP contribution in [0.2, 0.25) is 0 Å². The molecule has 3 fully saturated rings. The van der Waals surface area contributed by atoms with E-state index >= 15 is 0 Å². The summed E-state index contributed by atoms with van der Waals surface area (Å²) >= 11 is 0. The van der Waals surface area contributed by atoms with Crippen molar-refractivity contribution >= 4 is 27.8 Å². The fourth-order valence-electron chi connectivity index (χ4n) is 6.42. The molecule has 4 aromatic heterocycles. The molecule has 7 heteroatoms. The molecule has 0 unspecified atom stereocenters. The molecule has 5 heterocycles. The van der Waals surface area contributed by atoms with Crippen LogP contribution < -0.4 is 10.2 Å². The van der Waals surface area contributed by atoms with Gasteiger partial charge in [-0.1, -0.05) is 36.8 Å². The van der Waals surface area contributed by atoms with Crippen LogP contribution in [0.15, 0.2) is 61.1 Å². The van der Waals surface area contributed by atoms with E-state index < -0.39 is 0 Å². The highest BCUT2D eigenvalue weighted by molar-refractivity contribution is 5.97. The van der Waals surface area contributed by atoms with Crippen LogP contribution in [0, 0.1) is 0 Å². The molecular formula is C31H31N7. The summed E-state index contributed by atoms with van der Waals surface area (Å²) in [5.74, 6) is 2.37. The predicted octanol–water partition coefficient (Wildman–Crippen LogP) is 5.33. The molecule has 0 radical (unpaired) electrons. The van der Waals surface area contributed by atoms with Gasteiger partial charge in [-0.3, -0.25) is 4.98 Å². The number of piperazine rings is 1. The van der Waals surface area contributed by atoms with Crippen molar-refractivity contribution in [2.24, 2.45) is 0 Å². The van der Waals surface area contributed by atoms with Gasteiger partial charge in [-0.05, 0) is 54.9 Å². The molecule has 1 aromatic carbocycles. The number of H-pyrrole nitrogens is 1. The van der Waals surface area contributed by atoms with Crippen LogP contribution in [0.5, 0.6) is 0 Å². The lowest BCUT2D eigenvalue weighted by molar-refractivity contribution is 0.421. The Kier molecular flexibility index (Phi) is 5.02. The lowest BCUT2D eigenvalue weighted by Gasteiger charge is -2.32. The number of hydrogen-bond acceptors (Lipinski definition) is 6. The Morgan fingerprint density at radius 2 is 1.79 bits per heavy atom. The molecule has 7 nitrogen and oxygen atoms in total. The van der Waals surface area contributed by atoms with Gasteiger partial charge in [0.25, 0.3) is 0 Å². The van der Waals surface area contributed by atoms with Crippen molar-refractivity contribution in [1.82, 2.24) is 30.2 Å². The second kappa shape index (κ2) is 8.60. The third-order valence-electron chi connectivity index (χ3n) is 8.94. The van der Waals surface area contributed by atoms with Crippen molar-refractivity contribution in [3.63, 3.8) is 0 Å². The number of benzene rings is 1. The highest BCUT2D eigenvalue weighted by Crippen LogP contribution is 2.53. The van der Waals surface area contributed by atoms with E-state index in [0.717, 1.165) is 72.8 Å². The number of fused-ring (bicyclic) bond motifs is 2. The van der Waals surface area contributed by atoms with Crippen LogP contribution in [0.1, 0.15) is 54.8 Å². The SMILES string of the molecule is c1ccc(C2(c3cc4c(-c5nc(N6CCNCC6)c6c(C7CCC7)cncc6n5)ccnc4[nH]3)CC2)cc1. The number of nitrogens with zero attached hydrogens (tertiary/aromatic N) is 5. The summed E-state index contributed by atoms with van der Waals surface area (Å²) in [6.45, 7) is 3.81. The second-order valence-corrected chi connectivity index (χ2v) is 11.1. The fourth-order valence-corrected chi connectivity index (χ4v) is 6.42. The van der Waals surface area contributed by atoms with Gasteiger partial charge in [-0.25, -0.2) is 15.0 Å². The van der Waals surface area contributed by atoms with E-state index in [4.69, 9.17) is 15.0 Å². The summed E-state index contributed by atoms with van der Waals surface area (Å²) in [6, 6.07) is 15.2. The van der Waals surface area contributed by atoms with Gasteiger partial charge < -0.3 is 15.2 Å². The molecule has 38 heavy (non-hydrogen) atoms. The molecule has 5 aromatic rings. The lowest BCUT2D eigenvalue weighted by atomic mass is 9.79. The summed E-state index contributed by atoms with van der Waals surface area (Å²) in [4.78, 5) is 25.9. The first-order valence-corrected chi connectivity index (χ1v) is 14.0. The Balaban J connectivity index is 1.30. The molecule has 190 valence electrons. The van der Waals surface area contributed by atoms with Crippen LogP contribution in [0.4, 0.5) is 5.82 Å². The van der Waals surface area contributed by atoms with Crippen molar-refractivity contribution in [1.29, 1.82) is 0 Å². The molecule has 1 aliphatic heterocycles. The quantitative estimate of drug-likeness (QED) is 0.339.